The van der Waals surface area contributed by atoms with Crippen molar-refractivity contribution in [2.24, 2.45) is 11.0 Å². The molecule has 1 saturated carbocycles. The number of carbonyl (C=O) groups excluding carboxylic acids is 1. The summed E-state index contributed by atoms with van der Waals surface area (Å²) in [6, 6.07) is 21.3. The summed E-state index contributed by atoms with van der Waals surface area (Å²) >= 11 is 0. The Bertz CT molecular complexity index is 997. The maximum atomic E-state index is 12.4. The molecule has 2 atom stereocenters. The van der Waals surface area contributed by atoms with Gasteiger partial charge in [-0.2, -0.15) is 5.10 Å². The first kappa shape index (κ1) is 16.3. The minimum atomic E-state index is -0.123. The number of phenols is 1. The van der Waals surface area contributed by atoms with Crippen LogP contribution in [-0.4, -0.2) is 17.2 Å². The van der Waals surface area contributed by atoms with Gasteiger partial charge in [0.05, 0.1) is 12.1 Å². The van der Waals surface area contributed by atoms with E-state index < -0.39 is 0 Å². The molecular weight excluding hydrogens is 324 g/mol. The lowest BCUT2D eigenvalue weighted by atomic mass is 9.95. The topological polar surface area (TPSA) is 61.7 Å². The van der Waals surface area contributed by atoms with E-state index >= 15 is 0 Å². The van der Waals surface area contributed by atoms with Gasteiger partial charge in [-0.05, 0) is 28.8 Å². The van der Waals surface area contributed by atoms with Crippen LogP contribution in [0.1, 0.15) is 24.5 Å². The first-order valence-electron chi connectivity index (χ1n) is 8.69. The Labute approximate surface area is 152 Å². The van der Waals surface area contributed by atoms with Crippen molar-refractivity contribution in [3.63, 3.8) is 0 Å². The van der Waals surface area contributed by atoms with E-state index in [0.29, 0.717) is 5.56 Å². The van der Waals surface area contributed by atoms with Crippen molar-refractivity contribution in [2.45, 2.75) is 18.8 Å². The number of nitrogens with zero attached hydrogens (tertiary/aromatic N) is 1. The second-order valence-electron chi connectivity index (χ2n) is 6.99. The number of hydrogen-bond acceptors (Lipinski definition) is 3. The summed E-state index contributed by atoms with van der Waals surface area (Å²) in [5.74, 6) is -0.0299. The van der Waals surface area contributed by atoms with E-state index in [1.807, 2.05) is 48.5 Å². The van der Waals surface area contributed by atoms with Gasteiger partial charge in [0, 0.05) is 11.0 Å². The molecule has 1 amide bonds. The number of aromatic hydroxyl groups is 1. The van der Waals surface area contributed by atoms with Gasteiger partial charge in [0.15, 0.2) is 0 Å². The summed E-state index contributed by atoms with van der Waals surface area (Å²) in [5, 5.41) is 16.1. The van der Waals surface area contributed by atoms with Crippen LogP contribution in [0.25, 0.3) is 10.8 Å². The van der Waals surface area contributed by atoms with Gasteiger partial charge in [-0.3, -0.25) is 4.79 Å². The van der Waals surface area contributed by atoms with Gasteiger partial charge >= 0.3 is 0 Å². The maximum Gasteiger partial charge on any atom is 0.244 e. The number of carbonyl (C=O) groups is 1. The average molecular weight is 344 g/mol. The van der Waals surface area contributed by atoms with Crippen molar-refractivity contribution in [1.82, 2.24) is 5.43 Å². The summed E-state index contributed by atoms with van der Waals surface area (Å²) < 4.78 is 0. The third kappa shape index (κ3) is 2.84. The Balaban J connectivity index is 1.49. The van der Waals surface area contributed by atoms with Crippen molar-refractivity contribution in [3.05, 3.63) is 77.9 Å². The number of nitrogens with one attached hydrogen (secondary N) is 1. The van der Waals surface area contributed by atoms with Crippen LogP contribution in [0, 0.1) is 5.92 Å². The standard InChI is InChI=1S/C22H20N2O2/c1-22(16-8-3-2-4-9-16)13-19(22)21(26)24-23-14-18-17-10-6-5-7-15(17)11-12-20(18)25/h2-12,14,19,25H,13H2,1H3,(H,24,26)/b23-14-/t19-,22+/m0/s1. The number of hydrogen-bond donors (Lipinski definition) is 2. The molecule has 1 fully saturated rings. The van der Waals surface area contributed by atoms with Crippen LogP contribution < -0.4 is 5.43 Å². The largest absolute Gasteiger partial charge is 0.507 e. The molecule has 2 N–H and O–H groups in total. The average Bonchev–Trinajstić information content (AvgIpc) is 3.37. The predicted octanol–water partition coefficient (Wildman–Crippen LogP) is 3.97. The highest BCUT2D eigenvalue weighted by Crippen LogP contribution is 2.53. The highest BCUT2D eigenvalue weighted by molar-refractivity contribution is 6.02. The zero-order valence-electron chi connectivity index (χ0n) is 14.5. The van der Waals surface area contributed by atoms with Crippen molar-refractivity contribution < 1.29 is 9.90 Å². The van der Waals surface area contributed by atoms with E-state index in [0.717, 1.165) is 17.2 Å². The molecule has 3 aromatic carbocycles. The minimum absolute atomic E-state index is 0.0804. The third-order valence-electron chi connectivity index (χ3n) is 5.30. The number of hydrazone groups is 1. The van der Waals surface area contributed by atoms with E-state index in [1.54, 1.807) is 6.07 Å². The number of rotatable bonds is 4. The molecule has 1 aliphatic carbocycles. The van der Waals surface area contributed by atoms with Crippen LogP contribution in [0.2, 0.25) is 0 Å². The molecule has 130 valence electrons. The number of amides is 1. The fourth-order valence-electron chi connectivity index (χ4n) is 3.54. The van der Waals surface area contributed by atoms with Crippen molar-refractivity contribution in [3.8, 4) is 5.75 Å². The van der Waals surface area contributed by atoms with E-state index in [2.05, 4.69) is 29.6 Å². The molecule has 0 heterocycles. The summed E-state index contributed by atoms with van der Waals surface area (Å²) in [5.41, 5.74) is 4.29. The van der Waals surface area contributed by atoms with Gasteiger partial charge in [0.25, 0.3) is 0 Å². The summed E-state index contributed by atoms with van der Waals surface area (Å²) in [6.07, 6.45) is 2.33. The molecule has 26 heavy (non-hydrogen) atoms. The molecule has 0 spiro atoms. The van der Waals surface area contributed by atoms with E-state index in [4.69, 9.17) is 0 Å². The third-order valence-corrected chi connectivity index (χ3v) is 5.30. The van der Waals surface area contributed by atoms with Gasteiger partial charge in [-0.15, -0.1) is 0 Å². The molecule has 0 aromatic heterocycles. The first-order chi connectivity index (χ1) is 12.6. The predicted molar refractivity (Wildman–Crippen MR) is 103 cm³/mol. The quantitative estimate of drug-likeness (QED) is 0.556. The van der Waals surface area contributed by atoms with Crippen molar-refractivity contribution in [1.29, 1.82) is 0 Å². The highest BCUT2D eigenvalue weighted by Gasteiger charge is 2.55. The van der Waals surface area contributed by atoms with Crippen LogP contribution in [0.15, 0.2) is 71.8 Å². The normalized spacial score (nSPS) is 21.8. The van der Waals surface area contributed by atoms with Gasteiger partial charge in [0.2, 0.25) is 5.91 Å². The molecule has 1 aliphatic rings. The molecule has 0 saturated heterocycles. The second kappa shape index (κ2) is 6.30. The number of fused-ring (bicyclic) bond motifs is 1. The molecule has 0 bridgehead atoms. The summed E-state index contributed by atoms with van der Waals surface area (Å²) in [6.45, 7) is 2.10. The monoisotopic (exact) mass is 344 g/mol. The van der Waals surface area contributed by atoms with Crippen LogP contribution in [-0.2, 0) is 10.2 Å². The van der Waals surface area contributed by atoms with Crippen molar-refractivity contribution in [2.75, 3.05) is 0 Å². The lowest BCUT2D eigenvalue weighted by Crippen LogP contribution is -2.23. The summed E-state index contributed by atoms with van der Waals surface area (Å²) in [4.78, 5) is 12.4. The van der Waals surface area contributed by atoms with Crippen LogP contribution in [0.5, 0.6) is 5.75 Å². The molecule has 4 nitrogen and oxygen atoms in total. The van der Waals surface area contributed by atoms with Gasteiger partial charge in [-0.1, -0.05) is 67.6 Å². The maximum absolute atomic E-state index is 12.4. The lowest BCUT2D eigenvalue weighted by Gasteiger charge is -2.10. The minimum Gasteiger partial charge on any atom is -0.507 e. The second-order valence-corrected chi connectivity index (χ2v) is 6.99. The molecule has 3 aromatic rings. The number of benzene rings is 3. The Morgan fingerprint density at radius 2 is 1.85 bits per heavy atom. The molecule has 0 aliphatic heterocycles. The Kier molecular flexibility index (Phi) is 3.96. The van der Waals surface area contributed by atoms with E-state index in [9.17, 15) is 9.90 Å². The Morgan fingerprint density at radius 3 is 2.65 bits per heavy atom. The fourth-order valence-corrected chi connectivity index (χ4v) is 3.54. The Hall–Kier alpha value is -3.14. The van der Waals surface area contributed by atoms with Crippen LogP contribution in [0.4, 0.5) is 0 Å². The van der Waals surface area contributed by atoms with Crippen molar-refractivity contribution >= 4 is 22.9 Å². The molecule has 4 heteroatoms. The zero-order chi connectivity index (χ0) is 18.1. The Morgan fingerprint density at radius 1 is 1.12 bits per heavy atom. The number of phenolic OH excluding ortho intramolecular Hbond substituents is 1. The van der Waals surface area contributed by atoms with Gasteiger partial charge < -0.3 is 5.11 Å². The summed E-state index contributed by atoms with van der Waals surface area (Å²) in [7, 11) is 0. The van der Waals surface area contributed by atoms with Crippen LogP contribution >= 0.6 is 0 Å². The molecular formula is C22H20N2O2. The first-order valence-corrected chi connectivity index (χ1v) is 8.69. The molecule has 0 unspecified atom stereocenters. The van der Waals surface area contributed by atoms with Gasteiger partial charge in [-0.25, -0.2) is 5.43 Å². The highest BCUT2D eigenvalue weighted by atomic mass is 16.3. The molecule has 0 radical (unpaired) electrons. The fraction of sp³-hybridized carbons (Fsp3) is 0.182. The van der Waals surface area contributed by atoms with Gasteiger partial charge in [0.1, 0.15) is 5.75 Å². The van der Waals surface area contributed by atoms with E-state index in [1.165, 1.54) is 11.8 Å². The van der Waals surface area contributed by atoms with Crippen LogP contribution in [0.3, 0.4) is 0 Å². The van der Waals surface area contributed by atoms with E-state index in [-0.39, 0.29) is 23.0 Å². The lowest BCUT2D eigenvalue weighted by molar-refractivity contribution is -0.122. The smallest absolute Gasteiger partial charge is 0.244 e. The zero-order valence-corrected chi connectivity index (χ0v) is 14.5. The SMILES string of the molecule is C[C@]1(c2ccccc2)C[C@H]1C(=O)N/N=C\c1c(O)ccc2ccccc12. The molecule has 4 rings (SSSR count).